The van der Waals surface area contributed by atoms with Gasteiger partial charge >= 0.3 is 11.9 Å². The molecule has 2 saturated heterocycles. The van der Waals surface area contributed by atoms with Crippen LogP contribution in [0.4, 0.5) is 9.52 Å². The number of nitrogens with two attached hydrogens (primary N) is 1. The van der Waals surface area contributed by atoms with Gasteiger partial charge in [-0.05, 0) is 32.9 Å². The normalized spacial score (nSPS) is 21.5. The average Bonchev–Trinajstić information content (AvgIpc) is 3.71. The van der Waals surface area contributed by atoms with Crippen molar-refractivity contribution in [1.29, 1.82) is 0 Å². The molecule has 8 N–H and O–H groups in total. The van der Waals surface area contributed by atoms with Gasteiger partial charge in [0.15, 0.2) is 28.2 Å². The molecular weight excluding hydrogens is 714 g/mol. The quantitative estimate of drug-likeness (QED) is 0.0497. The highest BCUT2D eigenvalue weighted by Crippen LogP contribution is 2.45. The van der Waals surface area contributed by atoms with Crippen LogP contribution in [0.15, 0.2) is 33.9 Å². The molecule has 3 atom stereocenters. The van der Waals surface area contributed by atoms with Crippen molar-refractivity contribution in [1.82, 2.24) is 20.5 Å². The van der Waals surface area contributed by atoms with Crippen LogP contribution in [0.25, 0.3) is 0 Å². The third kappa shape index (κ3) is 7.57. The number of benzene rings is 1. The summed E-state index contributed by atoms with van der Waals surface area (Å²) in [5.41, 5.74) is 3.64. The number of aromatic hydroxyl groups is 2. The zero-order valence-electron chi connectivity index (χ0n) is 27.7. The number of aliphatic carboxylic acids is 2. The van der Waals surface area contributed by atoms with E-state index in [9.17, 15) is 48.8 Å². The standard InChI is InChI=1S/C31H36FN7O10S2/c1-14-16(12-39(7-4-5-8-39)9-6-34-24(42)15-10-17(32)23(41)19(40)11-15)22(28(45)46)38-26(44)21(27(38)51-14)36-25(43)20(18-13-50-30(33)35-18)37-49-31(2,3)29(47)48/h10-11,13-14,21,27H,4-9,12H2,1-3H3,(H7-,33,34,35,36,37,40,41,42,43,45,46,47,48)/p+1/t14-,21+,27+/m0/s1. The Morgan fingerprint density at radius 1 is 1.20 bits per heavy atom. The van der Waals surface area contributed by atoms with Crippen molar-refractivity contribution >= 4 is 63.6 Å². The molecular formula is C31H37FN7O10S2+. The number of nitrogen functional groups attached to an aromatic ring is 1. The zero-order valence-corrected chi connectivity index (χ0v) is 29.3. The van der Waals surface area contributed by atoms with Crippen molar-refractivity contribution in [2.24, 2.45) is 5.16 Å². The van der Waals surface area contributed by atoms with Gasteiger partial charge in [0.1, 0.15) is 29.4 Å². The fourth-order valence-electron chi connectivity index (χ4n) is 6.12. The van der Waals surface area contributed by atoms with Gasteiger partial charge in [-0.25, -0.2) is 19.0 Å². The topological polar surface area (TPSA) is 254 Å². The van der Waals surface area contributed by atoms with Gasteiger partial charge in [-0.3, -0.25) is 19.3 Å². The molecule has 2 aromatic rings. The van der Waals surface area contributed by atoms with Crippen molar-refractivity contribution in [2.75, 3.05) is 38.5 Å². The molecule has 0 aliphatic carbocycles. The summed E-state index contributed by atoms with van der Waals surface area (Å²) in [5, 5.41) is 48.3. The van der Waals surface area contributed by atoms with Crippen molar-refractivity contribution in [3.8, 4) is 11.5 Å². The van der Waals surface area contributed by atoms with Crippen molar-refractivity contribution in [3.05, 3.63) is 45.9 Å². The Balaban J connectivity index is 1.32. The summed E-state index contributed by atoms with van der Waals surface area (Å²) >= 11 is 2.29. The molecule has 20 heteroatoms. The SMILES string of the molecule is C[C@@H]1S[C@@H]2[C@H](NC(=O)/C(=N\OC(C)(C)C(=O)O)c3csc(N)n3)C(=O)N2C(C(=O)O)=C1C[N+]1(CCNC(=O)c2cc(O)c(O)c(F)c2)CCCC1. The maximum Gasteiger partial charge on any atom is 0.352 e. The number of β-lactam (4-membered cyclic amide) rings is 1. The predicted molar refractivity (Wildman–Crippen MR) is 181 cm³/mol. The number of carbonyl (C=O) groups excluding carboxylic acids is 3. The lowest BCUT2D eigenvalue weighted by Gasteiger charge is -2.51. The summed E-state index contributed by atoms with van der Waals surface area (Å²) in [4.78, 5) is 74.3. The minimum atomic E-state index is -1.81. The maximum absolute atomic E-state index is 13.9. The van der Waals surface area contributed by atoms with E-state index in [2.05, 4.69) is 20.8 Å². The lowest BCUT2D eigenvalue weighted by Crippen LogP contribution is -2.71. The van der Waals surface area contributed by atoms with Crippen LogP contribution in [0.2, 0.25) is 0 Å². The highest BCUT2D eigenvalue weighted by molar-refractivity contribution is 8.00. The molecule has 4 heterocycles. The minimum Gasteiger partial charge on any atom is -0.504 e. The highest BCUT2D eigenvalue weighted by Gasteiger charge is 2.57. The number of hydrogen-bond acceptors (Lipinski definition) is 13. The first kappa shape index (κ1) is 37.3. The van der Waals surface area contributed by atoms with E-state index in [0.29, 0.717) is 29.7 Å². The van der Waals surface area contributed by atoms with E-state index in [1.54, 1.807) is 0 Å². The Hall–Kier alpha value is -4.95. The molecule has 0 bridgehead atoms. The molecule has 5 rings (SSSR count). The number of fused-ring (bicyclic) bond motifs is 1. The predicted octanol–water partition coefficient (Wildman–Crippen LogP) is 1.03. The van der Waals surface area contributed by atoms with Gasteiger partial charge in [0.05, 0.1) is 26.2 Å². The number of likely N-dealkylation sites (tertiary alicyclic amines) is 1. The smallest absolute Gasteiger partial charge is 0.352 e. The largest absolute Gasteiger partial charge is 0.504 e. The van der Waals surface area contributed by atoms with Crippen molar-refractivity contribution in [2.45, 2.75) is 55.9 Å². The summed E-state index contributed by atoms with van der Waals surface area (Å²) in [5.74, 6) is -7.79. The fraction of sp³-hybridized carbons (Fsp3) is 0.452. The Kier molecular flexibility index (Phi) is 10.5. The summed E-state index contributed by atoms with van der Waals surface area (Å²) in [7, 11) is 0. The minimum absolute atomic E-state index is 0.0120. The molecule has 51 heavy (non-hydrogen) atoms. The lowest BCUT2D eigenvalue weighted by molar-refractivity contribution is -0.911. The number of oxime groups is 1. The van der Waals surface area contributed by atoms with Crippen LogP contribution in [0.1, 0.15) is 49.7 Å². The molecule has 3 aliphatic rings. The van der Waals surface area contributed by atoms with Gasteiger partial charge in [0, 0.05) is 34.6 Å². The van der Waals surface area contributed by atoms with Gasteiger partial charge in [-0.15, -0.1) is 23.1 Å². The second-order valence-corrected chi connectivity index (χ2v) is 15.2. The molecule has 0 unspecified atom stereocenters. The first-order chi connectivity index (χ1) is 23.9. The monoisotopic (exact) mass is 750 g/mol. The number of quaternary nitrogens is 1. The summed E-state index contributed by atoms with van der Waals surface area (Å²) < 4.78 is 14.3. The van der Waals surface area contributed by atoms with Crippen LogP contribution in [-0.4, -0.2) is 125 Å². The van der Waals surface area contributed by atoms with E-state index in [0.717, 1.165) is 41.2 Å². The Labute approximate surface area is 298 Å². The van der Waals surface area contributed by atoms with Crippen LogP contribution in [0.5, 0.6) is 11.5 Å². The fourth-order valence-corrected chi connectivity index (χ4v) is 8.11. The Morgan fingerprint density at radius 3 is 2.47 bits per heavy atom. The second-order valence-electron chi connectivity index (χ2n) is 12.9. The van der Waals surface area contributed by atoms with Crippen LogP contribution in [0.3, 0.4) is 0 Å². The number of phenols is 2. The number of nitrogens with zero attached hydrogens (tertiary/aromatic N) is 4. The molecule has 1 aromatic heterocycles. The van der Waals surface area contributed by atoms with Crippen molar-refractivity contribution in [3.63, 3.8) is 0 Å². The van der Waals surface area contributed by atoms with Crippen molar-refractivity contribution < 1.29 is 58.1 Å². The summed E-state index contributed by atoms with van der Waals surface area (Å²) in [6.45, 7) is 6.43. The molecule has 0 radical (unpaired) electrons. The number of carboxylic acids is 2. The van der Waals surface area contributed by atoms with E-state index < -0.39 is 75.0 Å². The van der Waals surface area contributed by atoms with Crippen LogP contribution < -0.4 is 16.4 Å². The summed E-state index contributed by atoms with van der Waals surface area (Å²) in [6, 6.07) is 0.608. The summed E-state index contributed by atoms with van der Waals surface area (Å²) in [6.07, 6.45) is 1.70. The number of anilines is 1. The van der Waals surface area contributed by atoms with E-state index >= 15 is 0 Å². The number of amides is 3. The number of carboxylic acid groups (broad SMARTS) is 2. The second kappa shape index (κ2) is 14.3. The highest BCUT2D eigenvalue weighted by atomic mass is 32.2. The zero-order chi connectivity index (χ0) is 37.4. The van der Waals surface area contributed by atoms with Gasteiger partial charge in [0.25, 0.3) is 17.7 Å². The molecule has 3 amide bonds. The van der Waals surface area contributed by atoms with E-state index in [-0.39, 0.29) is 35.2 Å². The number of rotatable bonds is 13. The molecule has 0 spiro atoms. The van der Waals surface area contributed by atoms with Crippen LogP contribution >= 0.6 is 23.1 Å². The molecule has 3 aliphatic heterocycles. The molecule has 274 valence electrons. The Morgan fingerprint density at radius 2 is 1.88 bits per heavy atom. The third-order valence-corrected chi connectivity index (χ3v) is 11.1. The Bertz CT molecular complexity index is 1820. The lowest BCUT2D eigenvalue weighted by atomic mass is 9.99. The number of carbonyl (C=O) groups is 5. The maximum atomic E-state index is 13.9. The van der Waals surface area contributed by atoms with E-state index in [4.69, 9.17) is 10.6 Å². The molecule has 2 fully saturated rings. The molecule has 0 saturated carbocycles. The van der Waals surface area contributed by atoms with Gasteiger partial charge in [-0.1, -0.05) is 5.16 Å². The van der Waals surface area contributed by atoms with Crippen LogP contribution in [0, 0.1) is 5.82 Å². The van der Waals surface area contributed by atoms with E-state index in [1.807, 2.05) is 6.92 Å². The van der Waals surface area contributed by atoms with Gasteiger partial charge < -0.3 is 46.1 Å². The number of nitrogens with one attached hydrogen (secondary N) is 2. The first-order valence-electron chi connectivity index (χ1n) is 15.8. The average molecular weight is 751 g/mol. The third-order valence-electron chi connectivity index (χ3n) is 8.97. The van der Waals surface area contributed by atoms with Crippen LogP contribution in [-0.2, 0) is 24.0 Å². The van der Waals surface area contributed by atoms with E-state index in [1.165, 1.54) is 31.0 Å². The first-order valence-corrected chi connectivity index (χ1v) is 17.6. The van der Waals surface area contributed by atoms with Gasteiger partial charge in [-0.2, -0.15) is 0 Å². The molecule has 1 aromatic carbocycles. The number of thiazole rings is 1. The molecule has 17 nitrogen and oxygen atoms in total. The number of aromatic nitrogens is 1. The number of thioether (sulfide) groups is 1. The number of phenolic OH excluding ortho intramolecular Hbond substituents is 2. The number of halogens is 1. The van der Waals surface area contributed by atoms with Gasteiger partial charge in [0.2, 0.25) is 5.60 Å². The number of hydrogen-bond donors (Lipinski definition) is 7.